The monoisotopic (exact) mass is 246 g/mol. The molecule has 18 heavy (non-hydrogen) atoms. The van der Waals surface area contributed by atoms with Gasteiger partial charge in [0.2, 0.25) is 0 Å². The summed E-state index contributed by atoms with van der Waals surface area (Å²) in [5, 5.41) is 10.6. The lowest BCUT2D eigenvalue weighted by molar-refractivity contribution is -0.136. The molecule has 1 rings (SSSR count). The molecule has 0 saturated heterocycles. The first kappa shape index (κ1) is 14.7. The van der Waals surface area contributed by atoms with Gasteiger partial charge >= 0.3 is 0 Å². The molecule has 0 aliphatic carbocycles. The quantitative estimate of drug-likeness (QED) is 0.745. The highest BCUT2D eigenvalue weighted by atomic mass is 16.3. The maximum atomic E-state index is 12.3. The molecule has 0 saturated carbocycles. The average Bonchev–Trinajstić information content (AvgIpc) is 2.42. The summed E-state index contributed by atoms with van der Waals surface area (Å²) >= 11 is 0. The summed E-state index contributed by atoms with van der Waals surface area (Å²) in [6.07, 6.45) is 2.44. The molecule has 0 aliphatic rings. The molecule has 0 amide bonds. The lowest BCUT2D eigenvalue weighted by atomic mass is 9.70. The van der Waals surface area contributed by atoms with Crippen LogP contribution in [0.4, 0.5) is 0 Å². The smallest absolute Gasteiger partial charge is 0.145 e. The number of aliphatic hydroxyl groups excluding tert-OH is 1. The van der Waals surface area contributed by atoms with E-state index in [4.69, 9.17) is 0 Å². The number of hydrogen-bond donors (Lipinski definition) is 1. The molecule has 1 atom stereocenters. The zero-order valence-corrected chi connectivity index (χ0v) is 11.2. The number of rotatable bonds is 7. The van der Waals surface area contributed by atoms with Crippen molar-refractivity contribution in [3.63, 3.8) is 0 Å². The van der Waals surface area contributed by atoms with E-state index in [1.54, 1.807) is 6.08 Å². The molecule has 1 aromatic carbocycles. The zero-order chi connectivity index (χ0) is 13.6. The van der Waals surface area contributed by atoms with E-state index >= 15 is 0 Å². The van der Waals surface area contributed by atoms with Gasteiger partial charge in [-0.2, -0.15) is 0 Å². The summed E-state index contributed by atoms with van der Waals surface area (Å²) in [6, 6.07) is 9.40. The van der Waals surface area contributed by atoms with E-state index in [1.165, 1.54) is 0 Å². The molecule has 1 unspecified atom stereocenters. The zero-order valence-electron chi connectivity index (χ0n) is 11.2. The van der Waals surface area contributed by atoms with E-state index in [2.05, 4.69) is 6.58 Å². The second kappa shape index (κ2) is 6.50. The molecule has 2 nitrogen and oxygen atoms in total. The summed E-state index contributed by atoms with van der Waals surface area (Å²) < 4.78 is 0. The van der Waals surface area contributed by atoms with Gasteiger partial charge in [-0.15, -0.1) is 6.58 Å². The van der Waals surface area contributed by atoms with Crippen LogP contribution in [0.5, 0.6) is 0 Å². The van der Waals surface area contributed by atoms with Crippen molar-refractivity contribution in [3.8, 4) is 0 Å². The van der Waals surface area contributed by atoms with Gasteiger partial charge in [-0.1, -0.05) is 50.3 Å². The average molecular weight is 246 g/mol. The van der Waals surface area contributed by atoms with E-state index in [1.807, 2.05) is 44.2 Å². The van der Waals surface area contributed by atoms with Crippen molar-refractivity contribution in [1.29, 1.82) is 0 Å². The minimum absolute atomic E-state index is 0.0684. The summed E-state index contributed by atoms with van der Waals surface area (Å²) in [5.41, 5.74) is 0.105. The standard InChI is InChI=1S/C16H22O2/c1-4-10-14(17)16(5-2,6-3)15(18)13-11-8-7-9-12-13/h4,7-9,11-12,15,18H,1,5-6,10H2,2-3H3. The molecule has 98 valence electrons. The van der Waals surface area contributed by atoms with Crippen molar-refractivity contribution in [2.75, 3.05) is 0 Å². The third-order valence-electron chi connectivity index (χ3n) is 3.79. The van der Waals surface area contributed by atoms with Crippen LogP contribution in [-0.4, -0.2) is 10.9 Å². The van der Waals surface area contributed by atoms with E-state index in [0.717, 1.165) is 5.56 Å². The predicted molar refractivity (Wildman–Crippen MR) is 74.2 cm³/mol. The number of hydrogen-bond acceptors (Lipinski definition) is 2. The highest BCUT2D eigenvalue weighted by molar-refractivity contribution is 5.86. The van der Waals surface area contributed by atoms with Crippen LogP contribution < -0.4 is 0 Å². The first-order chi connectivity index (χ1) is 8.62. The summed E-state index contributed by atoms with van der Waals surface area (Å²) in [7, 11) is 0. The summed E-state index contributed by atoms with van der Waals surface area (Å²) in [6.45, 7) is 7.52. The Hall–Kier alpha value is -1.41. The lowest BCUT2D eigenvalue weighted by Gasteiger charge is -2.35. The van der Waals surface area contributed by atoms with Gasteiger partial charge in [0, 0.05) is 6.42 Å². The van der Waals surface area contributed by atoms with Crippen LogP contribution in [0, 0.1) is 5.41 Å². The lowest BCUT2D eigenvalue weighted by Crippen LogP contribution is -2.36. The maximum absolute atomic E-state index is 12.3. The van der Waals surface area contributed by atoms with Gasteiger partial charge in [-0.3, -0.25) is 4.79 Å². The number of Topliss-reactive ketones (excluding diaryl/α,β-unsaturated/α-hetero) is 1. The molecule has 0 spiro atoms. The van der Waals surface area contributed by atoms with Gasteiger partial charge in [-0.05, 0) is 18.4 Å². The molecule has 0 aromatic heterocycles. The summed E-state index contributed by atoms with van der Waals surface area (Å²) in [4.78, 5) is 12.3. The van der Waals surface area contributed by atoms with Gasteiger partial charge < -0.3 is 5.11 Å². The molecule has 2 heteroatoms. The molecule has 1 N–H and O–H groups in total. The van der Waals surface area contributed by atoms with E-state index in [0.29, 0.717) is 19.3 Å². The Bertz CT molecular complexity index is 391. The fraction of sp³-hybridized carbons (Fsp3) is 0.438. The Labute approximate surface area is 109 Å². The van der Waals surface area contributed by atoms with Gasteiger partial charge in [0.25, 0.3) is 0 Å². The van der Waals surface area contributed by atoms with Crippen molar-refractivity contribution in [2.24, 2.45) is 5.41 Å². The molecule has 0 radical (unpaired) electrons. The van der Waals surface area contributed by atoms with Crippen molar-refractivity contribution >= 4 is 5.78 Å². The van der Waals surface area contributed by atoms with Crippen LogP contribution in [0.15, 0.2) is 43.0 Å². The Morgan fingerprint density at radius 1 is 1.33 bits per heavy atom. The fourth-order valence-corrected chi connectivity index (χ4v) is 2.47. The molecule has 0 fully saturated rings. The predicted octanol–water partition coefficient (Wildman–Crippen LogP) is 3.67. The normalized spacial score (nSPS) is 13.1. The second-order valence-corrected chi connectivity index (χ2v) is 4.59. The molecule has 0 aliphatic heterocycles. The van der Waals surface area contributed by atoms with Crippen molar-refractivity contribution in [1.82, 2.24) is 0 Å². The number of benzene rings is 1. The van der Waals surface area contributed by atoms with Gasteiger partial charge in [-0.25, -0.2) is 0 Å². The van der Waals surface area contributed by atoms with Crippen LogP contribution in [0.2, 0.25) is 0 Å². The van der Waals surface area contributed by atoms with Crippen molar-refractivity contribution in [2.45, 2.75) is 39.2 Å². The molecule has 1 aromatic rings. The van der Waals surface area contributed by atoms with Crippen LogP contribution >= 0.6 is 0 Å². The number of carbonyl (C=O) groups is 1. The SMILES string of the molecule is C=CCC(=O)C(CC)(CC)C(O)c1ccccc1. The Morgan fingerprint density at radius 2 is 1.89 bits per heavy atom. The van der Waals surface area contributed by atoms with Crippen LogP contribution in [-0.2, 0) is 4.79 Å². The third kappa shape index (κ3) is 2.70. The van der Waals surface area contributed by atoms with Gasteiger partial charge in [0.1, 0.15) is 5.78 Å². The minimum Gasteiger partial charge on any atom is -0.387 e. The molecule has 0 heterocycles. The first-order valence-electron chi connectivity index (χ1n) is 6.49. The highest BCUT2D eigenvalue weighted by Gasteiger charge is 2.41. The van der Waals surface area contributed by atoms with Crippen LogP contribution in [0.3, 0.4) is 0 Å². The third-order valence-corrected chi connectivity index (χ3v) is 3.79. The summed E-state index contributed by atoms with van der Waals surface area (Å²) in [5.74, 6) is 0.0684. The van der Waals surface area contributed by atoms with Crippen molar-refractivity contribution < 1.29 is 9.90 Å². The number of allylic oxidation sites excluding steroid dienone is 1. The number of aliphatic hydroxyl groups is 1. The first-order valence-corrected chi connectivity index (χ1v) is 6.49. The van der Waals surface area contributed by atoms with E-state index in [-0.39, 0.29) is 5.78 Å². The molecular formula is C16H22O2. The Kier molecular flexibility index (Phi) is 5.29. The van der Waals surface area contributed by atoms with E-state index in [9.17, 15) is 9.90 Å². The second-order valence-electron chi connectivity index (χ2n) is 4.59. The van der Waals surface area contributed by atoms with Gasteiger partial charge in [0.15, 0.2) is 0 Å². The fourth-order valence-electron chi connectivity index (χ4n) is 2.47. The molecular weight excluding hydrogens is 224 g/mol. The van der Waals surface area contributed by atoms with Crippen LogP contribution in [0.1, 0.15) is 44.8 Å². The van der Waals surface area contributed by atoms with Crippen LogP contribution in [0.25, 0.3) is 0 Å². The maximum Gasteiger partial charge on any atom is 0.145 e. The Morgan fingerprint density at radius 3 is 2.33 bits per heavy atom. The minimum atomic E-state index is -0.749. The van der Waals surface area contributed by atoms with Crippen molar-refractivity contribution in [3.05, 3.63) is 48.6 Å². The Balaban J connectivity index is 3.11. The number of carbonyl (C=O) groups excluding carboxylic acids is 1. The largest absolute Gasteiger partial charge is 0.387 e. The topological polar surface area (TPSA) is 37.3 Å². The number of ketones is 1. The highest BCUT2D eigenvalue weighted by Crippen LogP contribution is 2.41. The van der Waals surface area contributed by atoms with E-state index < -0.39 is 11.5 Å². The molecule has 0 bridgehead atoms. The van der Waals surface area contributed by atoms with Gasteiger partial charge in [0.05, 0.1) is 11.5 Å².